The lowest BCUT2D eigenvalue weighted by atomic mass is 9.74. The number of hydrogen-bond donors (Lipinski definition) is 1. The first-order chi connectivity index (χ1) is 9.75. The lowest BCUT2D eigenvalue weighted by molar-refractivity contribution is -0.144. The highest BCUT2D eigenvalue weighted by Gasteiger charge is 2.39. The number of piperidine rings is 1. The number of carbonyl (C=O) groups excluding carboxylic acids is 1. The zero-order valence-electron chi connectivity index (χ0n) is 14.9. The van der Waals surface area contributed by atoms with Crippen molar-refractivity contribution in [3.8, 4) is 0 Å². The van der Waals surface area contributed by atoms with Gasteiger partial charge in [-0.25, -0.2) is 0 Å². The Morgan fingerprint density at radius 2 is 1.95 bits per heavy atom. The van der Waals surface area contributed by atoms with Crippen LogP contribution in [-0.2, 0) is 4.79 Å². The molecule has 0 spiro atoms. The number of nitrogens with zero attached hydrogens (tertiary/aromatic N) is 2. The molecule has 1 unspecified atom stereocenters. The number of nitrogens with one attached hydrogen (secondary N) is 1. The number of likely N-dealkylation sites (N-methyl/N-ethyl adjacent to an activating group) is 1. The molecule has 4 heteroatoms. The van der Waals surface area contributed by atoms with Gasteiger partial charge in [-0.2, -0.15) is 0 Å². The van der Waals surface area contributed by atoms with Gasteiger partial charge in [-0.05, 0) is 51.9 Å². The largest absolute Gasteiger partial charge is 0.341 e. The molecule has 21 heavy (non-hydrogen) atoms. The standard InChI is InChI=1S/C17H35N3O/c1-14(2)13-20(11-10-19(5)6)16(21)17(3,4)15-8-7-9-18-12-15/h14-15,18H,7-13H2,1-6H3. The van der Waals surface area contributed by atoms with Gasteiger partial charge in [0.15, 0.2) is 0 Å². The Balaban J connectivity index is 2.75. The number of rotatable bonds is 7. The van der Waals surface area contributed by atoms with Gasteiger partial charge < -0.3 is 15.1 Å². The van der Waals surface area contributed by atoms with E-state index in [9.17, 15) is 4.79 Å². The van der Waals surface area contributed by atoms with Crippen LogP contribution in [0.4, 0.5) is 0 Å². The normalized spacial score (nSPS) is 20.1. The van der Waals surface area contributed by atoms with Crippen LogP contribution in [0.2, 0.25) is 0 Å². The second-order valence-electron chi connectivity index (χ2n) is 7.71. The molecule has 1 heterocycles. The van der Waals surface area contributed by atoms with Crippen LogP contribution in [0.3, 0.4) is 0 Å². The predicted molar refractivity (Wildman–Crippen MR) is 89.3 cm³/mol. The van der Waals surface area contributed by atoms with Crippen LogP contribution >= 0.6 is 0 Å². The second-order valence-corrected chi connectivity index (χ2v) is 7.71. The van der Waals surface area contributed by atoms with Gasteiger partial charge in [-0.3, -0.25) is 4.79 Å². The van der Waals surface area contributed by atoms with E-state index in [-0.39, 0.29) is 5.41 Å². The van der Waals surface area contributed by atoms with Gasteiger partial charge >= 0.3 is 0 Å². The second kappa shape index (κ2) is 8.14. The average molecular weight is 297 g/mol. The maximum Gasteiger partial charge on any atom is 0.228 e. The summed E-state index contributed by atoms with van der Waals surface area (Å²) in [4.78, 5) is 17.3. The van der Waals surface area contributed by atoms with Crippen molar-refractivity contribution >= 4 is 5.91 Å². The van der Waals surface area contributed by atoms with E-state index in [1.54, 1.807) is 0 Å². The van der Waals surface area contributed by atoms with Crippen molar-refractivity contribution in [1.29, 1.82) is 0 Å². The molecule has 1 aliphatic rings. The average Bonchev–Trinajstić information content (AvgIpc) is 2.43. The van der Waals surface area contributed by atoms with Crippen LogP contribution in [0.5, 0.6) is 0 Å². The summed E-state index contributed by atoms with van der Waals surface area (Å²) in [6.45, 7) is 13.3. The SMILES string of the molecule is CC(C)CN(CCN(C)C)C(=O)C(C)(C)C1CCCNC1. The molecule has 1 rings (SSSR count). The van der Waals surface area contributed by atoms with Gasteiger partial charge in [0, 0.05) is 25.0 Å². The molecule has 1 atom stereocenters. The molecule has 0 saturated carbocycles. The fraction of sp³-hybridized carbons (Fsp3) is 0.941. The first-order valence-electron chi connectivity index (χ1n) is 8.40. The van der Waals surface area contributed by atoms with Crippen molar-refractivity contribution < 1.29 is 4.79 Å². The molecule has 0 radical (unpaired) electrons. The van der Waals surface area contributed by atoms with Crippen LogP contribution in [0, 0.1) is 17.3 Å². The number of carbonyl (C=O) groups is 1. The molecule has 1 amide bonds. The van der Waals surface area contributed by atoms with Crippen molar-refractivity contribution in [2.24, 2.45) is 17.3 Å². The molecule has 4 nitrogen and oxygen atoms in total. The van der Waals surface area contributed by atoms with E-state index < -0.39 is 0 Å². The van der Waals surface area contributed by atoms with Gasteiger partial charge in [0.1, 0.15) is 0 Å². The van der Waals surface area contributed by atoms with Gasteiger partial charge in [-0.15, -0.1) is 0 Å². The number of hydrogen-bond acceptors (Lipinski definition) is 3. The first kappa shape index (κ1) is 18.4. The highest BCUT2D eigenvalue weighted by molar-refractivity contribution is 5.82. The van der Waals surface area contributed by atoms with Crippen LogP contribution in [0.15, 0.2) is 0 Å². The third kappa shape index (κ3) is 5.59. The molecule has 1 N–H and O–H groups in total. The zero-order chi connectivity index (χ0) is 16.0. The van der Waals surface area contributed by atoms with E-state index in [2.05, 4.69) is 56.9 Å². The topological polar surface area (TPSA) is 35.6 Å². The molecule has 124 valence electrons. The Kier molecular flexibility index (Phi) is 7.14. The summed E-state index contributed by atoms with van der Waals surface area (Å²) in [6, 6.07) is 0. The van der Waals surface area contributed by atoms with Gasteiger partial charge in [0.25, 0.3) is 0 Å². The highest BCUT2D eigenvalue weighted by Crippen LogP contribution is 2.33. The Labute approximate surface area is 131 Å². The van der Waals surface area contributed by atoms with E-state index in [1.807, 2.05) is 0 Å². The first-order valence-corrected chi connectivity index (χ1v) is 8.40. The van der Waals surface area contributed by atoms with Crippen LogP contribution in [-0.4, -0.2) is 62.5 Å². The Morgan fingerprint density at radius 1 is 1.29 bits per heavy atom. The minimum atomic E-state index is -0.269. The molecule has 0 aromatic rings. The summed E-state index contributed by atoms with van der Waals surface area (Å²) in [5.74, 6) is 1.29. The fourth-order valence-electron chi connectivity index (χ4n) is 3.09. The summed E-state index contributed by atoms with van der Waals surface area (Å²) >= 11 is 0. The van der Waals surface area contributed by atoms with E-state index in [0.29, 0.717) is 17.7 Å². The summed E-state index contributed by atoms with van der Waals surface area (Å²) in [7, 11) is 4.13. The molecule has 1 saturated heterocycles. The summed E-state index contributed by atoms with van der Waals surface area (Å²) < 4.78 is 0. The smallest absolute Gasteiger partial charge is 0.228 e. The van der Waals surface area contributed by atoms with Gasteiger partial charge in [0.2, 0.25) is 5.91 Å². The van der Waals surface area contributed by atoms with Crippen molar-refractivity contribution in [3.63, 3.8) is 0 Å². The van der Waals surface area contributed by atoms with Gasteiger partial charge in [0.05, 0.1) is 0 Å². The van der Waals surface area contributed by atoms with Crippen molar-refractivity contribution in [3.05, 3.63) is 0 Å². The quantitative estimate of drug-likeness (QED) is 0.781. The lowest BCUT2D eigenvalue weighted by Gasteiger charge is -2.40. The third-order valence-corrected chi connectivity index (χ3v) is 4.56. The van der Waals surface area contributed by atoms with Crippen molar-refractivity contribution in [1.82, 2.24) is 15.1 Å². The van der Waals surface area contributed by atoms with E-state index >= 15 is 0 Å². The molecule has 0 aromatic carbocycles. The molecular formula is C17H35N3O. The van der Waals surface area contributed by atoms with E-state index in [1.165, 1.54) is 6.42 Å². The van der Waals surface area contributed by atoms with Gasteiger partial charge in [-0.1, -0.05) is 27.7 Å². The van der Waals surface area contributed by atoms with E-state index in [4.69, 9.17) is 0 Å². The fourth-order valence-corrected chi connectivity index (χ4v) is 3.09. The van der Waals surface area contributed by atoms with Crippen LogP contribution in [0.25, 0.3) is 0 Å². The monoisotopic (exact) mass is 297 g/mol. The highest BCUT2D eigenvalue weighted by atomic mass is 16.2. The minimum absolute atomic E-state index is 0.269. The summed E-state index contributed by atoms with van der Waals surface area (Å²) in [5.41, 5.74) is -0.269. The lowest BCUT2D eigenvalue weighted by Crippen LogP contribution is -2.51. The summed E-state index contributed by atoms with van der Waals surface area (Å²) in [6.07, 6.45) is 2.35. The minimum Gasteiger partial charge on any atom is -0.341 e. The number of amides is 1. The predicted octanol–water partition coefficient (Wildman–Crippen LogP) is 2.06. The Bertz CT molecular complexity index is 320. The third-order valence-electron chi connectivity index (χ3n) is 4.56. The molecule has 1 aliphatic heterocycles. The van der Waals surface area contributed by atoms with Crippen molar-refractivity contribution in [2.45, 2.75) is 40.5 Å². The maximum absolute atomic E-state index is 13.1. The van der Waals surface area contributed by atoms with E-state index in [0.717, 1.165) is 39.1 Å². The molecular weight excluding hydrogens is 262 g/mol. The zero-order valence-corrected chi connectivity index (χ0v) is 14.9. The molecule has 0 aliphatic carbocycles. The van der Waals surface area contributed by atoms with Crippen LogP contribution in [0.1, 0.15) is 40.5 Å². The Hall–Kier alpha value is -0.610. The molecule has 0 aromatic heterocycles. The maximum atomic E-state index is 13.1. The van der Waals surface area contributed by atoms with Crippen LogP contribution < -0.4 is 5.32 Å². The van der Waals surface area contributed by atoms with Crippen molar-refractivity contribution in [2.75, 3.05) is 46.8 Å². The molecule has 1 fully saturated rings. The summed E-state index contributed by atoms with van der Waals surface area (Å²) in [5, 5.41) is 3.45. The Morgan fingerprint density at radius 3 is 2.43 bits per heavy atom. The molecule has 0 bridgehead atoms.